The van der Waals surface area contributed by atoms with Gasteiger partial charge >= 0.3 is 0 Å². The molecule has 0 aliphatic heterocycles. The van der Waals surface area contributed by atoms with Crippen LogP contribution in [-0.4, -0.2) is 72.7 Å². The highest BCUT2D eigenvalue weighted by molar-refractivity contribution is 5.78. The molecule has 4 saturated carbocycles. The van der Waals surface area contributed by atoms with E-state index in [1.54, 1.807) is 6.08 Å². The summed E-state index contributed by atoms with van der Waals surface area (Å²) in [5, 5.41) is 67.7. The number of rotatable bonds is 6. The van der Waals surface area contributed by atoms with Gasteiger partial charge in [-0.2, -0.15) is 0 Å². The number of carbonyl (C=O) groups is 1. The summed E-state index contributed by atoms with van der Waals surface area (Å²) in [4.78, 5) is 12.0. The van der Waals surface area contributed by atoms with Gasteiger partial charge in [-0.3, -0.25) is 4.79 Å². The van der Waals surface area contributed by atoms with Crippen LogP contribution in [0.1, 0.15) is 83.5 Å². The first-order valence-electron chi connectivity index (χ1n) is 16.9. The first kappa shape index (κ1) is 30.7. The fraction of sp³-hybridized carbons (Fsp3) is 0.853. The largest absolute Gasteiger partial charge is 0.392 e. The molecule has 6 aliphatic carbocycles. The van der Waals surface area contributed by atoms with Gasteiger partial charge in [0.2, 0.25) is 5.91 Å². The van der Waals surface area contributed by atoms with Gasteiger partial charge in [0.1, 0.15) is 5.60 Å². The molecule has 42 heavy (non-hydrogen) atoms. The van der Waals surface area contributed by atoms with Crippen molar-refractivity contribution in [2.24, 2.45) is 64.9 Å². The second-order valence-corrected chi connectivity index (χ2v) is 15.0. The van der Waals surface area contributed by atoms with Crippen LogP contribution in [0.3, 0.4) is 0 Å². The van der Waals surface area contributed by atoms with Crippen molar-refractivity contribution in [1.29, 1.82) is 0 Å². The van der Waals surface area contributed by atoms with E-state index >= 15 is 0 Å². The SMILES string of the molecule is NC(=O)C1C(O)C[C@@H]2C[C@@H]3CC4C(C5C=CC(CCCC6CCCCC6)CC5)C=CC(O)C4C(O)C3C(O)[C@]2(O)C1O. The zero-order valence-electron chi connectivity index (χ0n) is 24.8. The van der Waals surface area contributed by atoms with E-state index in [9.17, 15) is 35.4 Å². The van der Waals surface area contributed by atoms with Crippen LogP contribution in [0.15, 0.2) is 24.3 Å². The Morgan fingerprint density at radius 3 is 2.26 bits per heavy atom. The molecule has 15 atom stereocenters. The van der Waals surface area contributed by atoms with E-state index in [1.807, 2.05) is 0 Å². The summed E-state index contributed by atoms with van der Waals surface area (Å²) in [6.45, 7) is 0. The zero-order valence-corrected chi connectivity index (χ0v) is 24.8. The van der Waals surface area contributed by atoms with Crippen molar-refractivity contribution in [3.8, 4) is 0 Å². The topological polar surface area (TPSA) is 164 Å². The van der Waals surface area contributed by atoms with E-state index in [2.05, 4.69) is 18.2 Å². The molecule has 0 aromatic rings. The average molecular weight is 588 g/mol. The average Bonchev–Trinajstić information content (AvgIpc) is 2.96. The minimum atomic E-state index is -2.07. The number of hydrogen-bond donors (Lipinski definition) is 7. The van der Waals surface area contributed by atoms with Gasteiger partial charge in [-0.1, -0.05) is 69.2 Å². The number of aliphatic hydroxyl groups is 6. The highest BCUT2D eigenvalue weighted by Crippen LogP contribution is 2.58. The lowest BCUT2D eigenvalue weighted by Crippen LogP contribution is -2.73. The molecular weight excluding hydrogens is 534 g/mol. The number of allylic oxidation sites excluding steroid dienone is 3. The second kappa shape index (κ2) is 12.2. The lowest BCUT2D eigenvalue weighted by Gasteiger charge is -2.61. The van der Waals surface area contributed by atoms with Gasteiger partial charge in [0, 0.05) is 11.8 Å². The molecule has 0 spiro atoms. The van der Waals surface area contributed by atoms with Crippen LogP contribution in [0.4, 0.5) is 0 Å². The minimum Gasteiger partial charge on any atom is -0.392 e. The number of amides is 1. The van der Waals surface area contributed by atoms with Crippen molar-refractivity contribution in [1.82, 2.24) is 0 Å². The van der Waals surface area contributed by atoms with E-state index < -0.39 is 65.7 Å². The van der Waals surface area contributed by atoms with E-state index in [-0.39, 0.29) is 24.2 Å². The van der Waals surface area contributed by atoms with Gasteiger partial charge < -0.3 is 36.4 Å². The molecule has 0 aromatic heterocycles. The third-order valence-electron chi connectivity index (χ3n) is 12.9. The van der Waals surface area contributed by atoms with E-state index in [0.29, 0.717) is 24.7 Å². The fourth-order valence-electron chi connectivity index (χ4n) is 10.7. The standard InChI is InChI=1S/C34H53NO7/c35-33(41)29-26(37)17-22-15-21-16-24-23(20-11-9-19(10-12-20)8-4-7-18-5-2-1-3-6-18)13-14-25(36)28(24)30(38)27(21)31(39)34(22,42)32(29)40/h9,11,13-14,18-32,36-40,42H,1-8,10,12,15-17H2,(H2,35,41)/t19?,20?,21-,22+,23?,24?,25?,26?,27?,28?,29?,30?,31?,32?,34+/m1/s1. The Kier molecular flexibility index (Phi) is 8.96. The lowest BCUT2D eigenvalue weighted by atomic mass is 9.48. The van der Waals surface area contributed by atoms with Crippen LogP contribution in [0.25, 0.3) is 0 Å². The molecule has 0 heterocycles. The minimum absolute atomic E-state index is 0.0222. The molecule has 6 aliphatic rings. The van der Waals surface area contributed by atoms with Gasteiger partial charge in [0.25, 0.3) is 0 Å². The van der Waals surface area contributed by atoms with Gasteiger partial charge in [-0.05, 0) is 80.0 Å². The number of fused-ring (bicyclic) bond motifs is 3. The fourth-order valence-corrected chi connectivity index (χ4v) is 10.7. The molecule has 6 rings (SSSR count). The number of hydrogen-bond acceptors (Lipinski definition) is 7. The maximum atomic E-state index is 12.0. The van der Waals surface area contributed by atoms with Gasteiger partial charge in [0.05, 0.1) is 36.4 Å². The number of aliphatic hydroxyl groups excluding tert-OH is 5. The van der Waals surface area contributed by atoms with Crippen molar-refractivity contribution in [3.63, 3.8) is 0 Å². The summed E-state index contributed by atoms with van der Waals surface area (Å²) >= 11 is 0. The normalized spacial score (nSPS) is 50.9. The maximum Gasteiger partial charge on any atom is 0.225 e. The summed E-state index contributed by atoms with van der Waals surface area (Å²) in [6, 6.07) is 0. The Morgan fingerprint density at radius 2 is 1.57 bits per heavy atom. The van der Waals surface area contributed by atoms with Crippen molar-refractivity contribution < 1.29 is 35.4 Å². The van der Waals surface area contributed by atoms with Crippen LogP contribution in [0.2, 0.25) is 0 Å². The molecule has 8 nitrogen and oxygen atoms in total. The smallest absolute Gasteiger partial charge is 0.225 e. The van der Waals surface area contributed by atoms with Crippen LogP contribution >= 0.6 is 0 Å². The molecule has 0 bridgehead atoms. The number of carbonyl (C=O) groups excluding carboxylic acids is 1. The molecule has 12 unspecified atom stereocenters. The summed E-state index contributed by atoms with van der Waals surface area (Å²) < 4.78 is 0. The van der Waals surface area contributed by atoms with E-state index in [4.69, 9.17) is 5.73 Å². The Labute approximate surface area is 250 Å². The zero-order chi connectivity index (χ0) is 29.8. The Bertz CT molecular complexity index is 1030. The van der Waals surface area contributed by atoms with Gasteiger partial charge in [0.15, 0.2) is 0 Å². The number of primary amides is 1. The summed E-state index contributed by atoms with van der Waals surface area (Å²) in [5.74, 6) is -2.27. The highest BCUT2D eigenvalue weighted by atomic mass is 16.4. The first-order chi connectivity index (χ1) is 20.1. The third kappa shape index (κ3) is 5.32. The third-order valence-corrected chi connectivity index (χ3v) is 12.9. The van der Waals surface area contributed by atoms with Crippen molar-refractivity contribution in [3.05, 3.63) is 24.3 Å². The molecule has 8 heteroatoms. The number of nitrogens with two attached hydrogens (primary N) is 1. The first-order valence-corrected chi connectivity index (χ1v) is 16.9. The lowest BCUT2D eigenvalue weighted by molar-refractivity contribution is -0.283. The predicted octanol–water partition coefficient (Wildman–Crippen LogP) is 2.43. The van der Waals surface area contributed by atoms with Crippen molar-refractivity contribution >= 4 is 5.91 Å². The summed E-state index contributed by atoms with van der Waals surface area (Å²) in [5.41, 5.74) is 3.37. The molecule has 0 saturated heterocycles. The molecule has 8 N–H and O–H groups in total. The Morgan fingerprint density at radius 1 is 0.810 bits per heavy atom. The maximum absolute atomic E-state index is 12.0. The second-order valence-electron chi connectivity index (χ2n) is 15.0. The van der Waals surface area contributed by atoms with E-state index in [1.165, 1.54) is 51.4 Å². The van der Waals surface area contributed by atoms with Crippen LogP contribution in [0.5, 0.6) is 0 Å². The van der Waals surface area contributed by atoms with Crippen molar-refractivity contribution in [2.75, 3.05) is 0 Å². The molecule has 0 aromatic carbocycles. The molecular formula is C34H53NO7. The Hall–Kier alpha value is -1.29. The molecule has 0 radical (unpaired) electrons. The predicted molar refractivity (Wildman–Crippen MR) is 157 cm³/mol. The van der Waals surface area contributed by atoms with Crippen LogP contribution in [0, 0.1) is 59.2 Å². The van der Waals surface area contributed by atoms with Crippen LogP contribution in [-0.2, 0) is 4.79 Å². The van der Waals surface area contributed by atoms with Gasteiger partial charge in [-0.15, -0.1) is 0 Å². The highest BCUT2D eigenvalue weighted by Gasteiger charge is 2.66. The monoisotopic (exact) mass is 587 g/mol. The van der Waals surface area contributed by atoms with Gasteiger partial charge in [-0.25, -0.2) is 0 Å². The molecule has 4 fully saturated rings. The quantitative estimate of drug-likeness (QED) is 0.235. The summed E-state index contributed by atoms with van der Waals surface area (Å²) in [7, 11) is 0. The summed E-state index contributed by atoms with van der Waals surface area (Å²) in [6.07, 6.45) is 16.6. The van der Waals surface area contributed by atoms with Crippen molar-refractivity contribution in [2.45, 2.75) is 120 Å². The molecule has 236 valence electrons. The van der Waals surface area contributed by atoms with E-state index in [0.717, 1.165) is 18.8 Å². The van der Waals surface area contributed by atoms with Crippen LogP contribution < -0.4 is 5.73 Å². The Balaban J connectivity index is 1.15. The molecule has 1 amide bonds.